The number of amides is 1. The molecule has 7 nitrogen and oxygen atoms in total. The Morgan fingerprint density at radius 3 is 2.92 bits per heavy atom. The molecule has 25 heavy (non-hydrogen) atoms. The van der Waals surface area contributed by atoms with Crippen LogP contribution in [0.5, 0.6) is 5.75 Å². The molecule has 0 aliphatic carbocycles. The van der Waals surface area contributed by atoms with Crippen molar-refractivity contribution in [1.82, 2.24) is 15.4 Å². The molecule has 0 aliphatic rings. The van der Waals surface area contributed by atoms with Gasteiger partial charge in [0.25, 0.3) is 5.91 Å². The Bertz CT molecular complexity index is 986. The molecule has 0 saturated carbocycles. The quantitative estimate of drug-likeness (QED) is 0.349. The van der Waals surface area contributed by atoms with Gasteiger partial charge in [-0.2, -0.15) is 5.10 Å². The van der Waals surface area contributed by atoms with Gasteiger partial charge in [0.1, 0.15) is 22.7 Å². The van der Waals surface area contributed by atoms with Gasteiger partial charge in [0.15, 0.2) is 0 Å². The fourth-order valence-corrected chi connectivity index (χ4v) is 4.10. The number of anilines is 1. The van der Waals surface area contributed by atoms with Crippen LogP contribution in [-0.2, 0) is 0 Å². The van der Waals surface area contributed by atoms with E-state index in [1.165, 1.54) is 17.7 Å². The highest BCUT2D eigenvalue weighted by Crippen LogP contribution is 2.31. The highest BCUT2D eigenvalue weighted by atomic mass is 127. The Balaban J connectivity index is 1.78. The van der Waals surface area contributed by atoms with Crippen molar-refractivity contribution in [2.45, 2.75) is 6.92 Å². The number of fused-ring (bicyclic) bond motifs is 1. The summed E-state index contributed by atoms with van der Waals surface area (Å²) in [5.41, 5.74) is 10.0. The van der Waals surface area contributed by atoms with Gasteiger partial charge in [-0.25, -0.2) is 15.4 Å². The van der Waals surface area contributed by atoms with E-state index in [2.05, 4.69) is 43.1 Å². The number of carbonyl (C=O) groups is 1. The lowest BCUT2D eigenvalue weighted by atomic mass is 10.2. The van der Waals surface area contributed by atoms with Crippen LogP contribution in [-0.4, -0.2) is 29.2 Å². The summed E-state index contributed by atoms with van der Waals surface area (Å²) in [4.78, 5) is 21.7. The van der Waals surface area contributed by atoms with E-state index in [-0.39, 0.29) is 5.91 Å². The van der Waals surface area contributed by atoms with Crippen LogP contribution in [0.3, 0.4) is 0 Å². The van der Waals surface area contributed by atoms with E-state index in [1.54, 1.807) is 13.3 Å². The van der Waals surface area contributed by atoms with Crippen molar-refractivity contribution < 1.29 is 9.53 Å². The number of benzene rings is 1. The van der Waals surface area contributed by atoms with Gasteiger partial charge in [-0.3, -0.25) is 4.79 Å². The number of ether oxygens (including phenoxy) is 1. The number of nitrogens with two attached hydrogens (primary N) is 1. The molecule has 0 saturated heterocycles. The number of hydrogen-bond acceptors (Lipinski definition) is 7. The molecular formula is C16H14IN5O2S. The third-order valence-electron chi connectivity index (χ3n) is 3.52. The molecule has 3 N–H and O–H groups in total. The van der Waals surface area contributed by atoms with Gasteiger partial charge >= 0.3 is 0 Å². The zero-order valence-corrected chi connectivity index (χ0v) is 16.4. The van der Waals surface area contributed by atoms with Crippen LogP contribution in [0.15, 0.2) is 29.6 Å². The zero-order chi connectivity index (χ0) is 18.0. The molecular weight excluding hydrogens is 453 g/mol. The van der Waals surface area contributed by atoms with Gasteiger partial charge in [0, 0.05) is 0 Å². The van der Waals surface area contributed by atoms with Crippen molar-refractivity contribution in [3.8, 4) is 5.75 Å². The molecule has 2 heterocycles. The average molecular weight is 467 g/mol. The molecule has 0 aliphatic heterocycles. The molecule has 0 bridgehead atoms. The van der Waals surface area contributed by atoms with Crippen LogP contribution in [0.25, 0.3) is 10.2 Å². The van der Waals surface area contributed by atoms with Crippen molar-refractivity contribution in [1.29, 1.82) is 0 Å². The smallest absolute Gasteiger partial charge is 0.281 e. The molecule has 1 amide bonds. The standard InChI is InChI=1S/C16H14IN5O2S/c1-8-12-14(18)19-7-20-16(12)25-13(8)15(23)22-21-6-9-3-4-11(24-2)10(17)5-9/h3-7H,1-2H3,(H,22,23)(H2,18,19,20)/b21-6-. The normalized spacial score (nSPS) is 11.2. The number of hydrogen-bond donors (Lipinski definition) is 2. The van der Waals surface area contributed by atoms with E-state index in [4.69, 9.17) is 10.5 Å². The van der Waals surface area contributed by atoms with Crippen molar-refractivity contribution in [2.75, 3.05) is 12.8 Å². The summed E-state index contributed by atoms with van der Waals surface area (Å²) in [6.45, 7) is 1.82. The van der Waals surface area contributed by atoms with Gasteiger partial charge < -0.3 is 10.5 Å². The number of nitrogen functional groups attached to an aromatic ring is 1. The summed E-state index contributed by atoms with van der Waals surface area (Å²) in [5.74, 6) is 0.856. The summed E-state index contributed by atoms with van der Waals surface area (Å²) in [6.07, 6.45) is 2.97. The predicted molar refractivity (Wildman–Crippen MR) is 107 cm³/mol. The first kappa shape index (κ1) is 17.5. The molecule has 0 atom stereocenters. The minimum Gasteiger partial charge on any atom is -0.496 e. The summed E-state index contributed by atoms with van der Waals surface area (Å²) in [5, 5.41) is 4.73. The van der Waals surface area contributed by atoms with E-state index >= 15 is 0 Å². The van der Waals surface area contributed by atoms with Crippen LogP contribution < -0.4 is 15.9 Å². The number of nitrogens with zero attached hydrogens (tertiary/aromatic N) is 3. The maximum absolute atomic E-state index is 12.4. The van der Waals surface area contributed by atoms with Crippen LogP contribution in [0.2, 0.25) is 0 Å². The van der Waals surface area contributed by atoms with Crippen LogP contribution in [0, 0.1) is 10.5 Å². The van der Waals surface area contributed by atoms with Gasteiger partial charge in [-0.1, -0.05) is 0 Å². The average Bonchev–Trinajstić information content (AvgIpc) is 2.93. The summed E-state index contributed by atoms with van der Waals surface area (Å²) < 4.78 is 6.17. The second-order valence-corrected chi connectivity index (χ2v) is 7.25. The summed E-state index contributed by atoms with van der Waals surface area (Å²) >= 11 is 3.44. The number of carbonyl (C=O) groups excluding carboxylic acids is 1. The lowest BCUT2D eigenvalue weighted by Gasteiger charge is -2.03. The molecule has 0 spiro atoms. The number of methoxy groups -OCH3 is 1. The highest BCUT2D eigenvalue weighted by Gasteiger charge is 2.17. The van der Waals surface area contributed by atoms with Crippen molar-refractivity contribution >= 4 is 62.1 Å². The zero-order valence-electron chi connectivity index (χ0n) is 13.4. The third kappa shape index (κ3) is 3.56. The molecule has 3 aromatic rings. The molecule has 1 aromatic carbocycles. The molecule has 0 fully saturated rings. The van der Waals surface area contributed by atoms with Gasteiger partial charge in [-0.05, 0) is 58.8 Å². The Morgan fingerprint density at radius 2 is 2.24 bits per heavy atom. The van der Waals surface area contributed by atoms with Crippen molar-refractivity contribution in [3.63, 3.8) is 0 Å². The molecule has 2 aromatic heterocycles. The third-order valence-corrected chi connectivity index (χ3v) is 5.56. The molecule has 3 rings (SSSR count). The first-order chi connectivity index (χ1) is 12.0. The highest BCUT2D eigenvalue weighted by molar-refractivity contribution is 14.1. The van der Waals surface area contributed by atoms with E-state index in [0.29, 0.717) is 20.9 Å². The number of rotatable bonds is 4. The van der Waals surface area contributed by atoms with Crippen LogP contribution >= 0.6 is 33.9 Å². The minimum absolute atomic E-state index is 0.306. The number of aryl methyl sites for hydroxylation is 1. The monoisotopic (exact) mass is 467 g/mol. The molecule has 9 heteroatoms. The lowest BCUT2D eigenvalue weighted by molar-refractivity contribution is 0.0958. The van der Waals surface area contributed by atoms with E-state index < -0.39 is 0 Å². The number of hydrazone groups is 1. The van der Waals surface area contributed by atoms with E-state index in [0.717, 1.165) is 20.4 Å². The lowest BCUT2D eigenvalue weighted by Crippen LogP contribution is -2.17. The second kappa shape index (κ2) is 7.31. The number of aromatic nitrogens is 2. The van der Waals surface area contributed by atoms with E-state index in [9.17, 15) is 4.79 Å². The predicted octanol–water partition coefficient (Wildman–Crippen LogP) is 2.96. The SMILES string of the molecule is COc1ccc(/C=N\NC(=O)c2sc3ncnc(N)c3c2C)cc1I. The maximum atomic E-state index is 12.4. The number of thiophene rings is 1. The Morgan fingerprint density at radius 1 is 1.44 bits per heavy atom. The maximum Gasteiger partial charge on any atom is 0.281 e. The Labute approximate surface area is 161 Å². The minimum atomic E-state index is -0.306. The first-order valence-electron chi connectivity index (χ1n) is 7.17. The number of nitrogens with one attached hydrogen (secondary N) is 1. The Kier molecular flexibility index (Phi) is 5.13. The van der Waals surface area contributed by atoms with Gasteiger partial charge in [0.05, 0.1) is 27.2 Å². The fourth-order valence-electron chi connectivity index (χ4n) is 2.29. The molecule has 0 radical (unpaired) electrons. The fraction of sp³-hybridized carbons (Fsp3) is 0.125. The molecule has 0 unspecified atom stereocenters. The summed E-state index contributed by atoms with van der Waals surface area (Å²) in [7, 11) is 1.62. The topological polar surface area (TPSA) is 102 Å². The number of halogens is 1. The summed E-state index contributed by atoms with van der Waals surface area (Å²) in [6, 6.07) is 5.62. The molecule has 128 valence electrons. The van der Waals surface area contributed by atoms with Crippen molar-refractivity contribution in [2.24, 2.45) is 5.10 Å². The first-order valence-corrected chi connectivity index (χ1v) is 9.07. The van der Waals surface area contributed by atoms with Crippen LogP contribution in [0.1, 0.15) is 20.8 Å². The van der Waals surface area contributed by atoms with Gasteiger partial charge in [-0.15, -0.1) is 11.3 Å². The largest absolute Gasteiger partial charge is 0.496 e. The van der Waals surface area contributed by atoms with Gasteiger partial charge in [0.2, 0.25) is 0 Å². The Hall–Kier alpha value is -2.27. The van der Waals surface area contributed by atoms with Crippen LogP contribution in [0.4, 0.5) is 5.82 Å². The second-order valence-electron chi connectivity index (χ2n) is 5.09. The van der Waals surface area contributed by atoms with E-state index in [1.807, 2.05) is 25.1 Å². The van der Waals surface area contributed by atoms with Crippen molar-refractivity contribution in [3.05, 3.63) is 44.1 Å².